The minimum Gasteiger partial charge on any atom is -0.497 e. The number of amides is 1. The lowest BCUT2D eigenvalue weighted by molar-refractivity contribution is -0.116. The first-order chi connectivity index (χ1) is 15.0. The molecule has 0 saturated heterocycles. The molecule has 1 amide bonds. The SMILES string of the molecule is COc1cc(NC(=O)Cn2cnc3c(cnn3-c3ccc(F)cc3)c2=O)cc(OC)c1. The van der Waals surface area contributed by atoms with Crippen molar-refractivity contribution in [2.75, 3.05) is 19.5 Å². The molecule has 0 spiro atoms. The number of benzene rings is 2. The molecule has 0 fully saturated rings. The zero-order chi connectivity index (χ0) is 22.0. The third-order valence-corrected chi connectivity index (χ3v) is 4.57. The van der Waals surface area contributed by atoms with Gasteiger partial charge in [-0.05, 0) is 24.3 Å². The summed E-state index contributed by atoms with van der Waals surface area (Å²) in [4.78, 5) is 29.6. The maximum atomic E-state index is 13.2. The Kier molecular flexibility index (Phi) is 5.35. The van der Waals surface area contributed by atoms with Crippen molar-refractivity contribution in [1.82, 2.24) is 19.3 Å². The lowest BCUT2D eigenvalue weighted by Crippen LogP contribution is -2.27. The van der Waals surface area contributed by atoms with Gasteiger partial charge in [-0.2, -0.15) is 5.10 Å². The Bertz CT molecular complexity index is 1290. The topological polar surface area (TPSA) is 100 Å². The Balaban J connectivity index is 1.58. The van der Waals surface area contributed by atoms with Gasteiger partial charge < -0.3 is 14.8 Å². The summed E-state index contributed by atoms with van der Waals surface area (Å²) in [5.74, 6) is 0.228. The largest absolute Gasteiger partial charge is 0.497 e. The molecule has 10 heteroatoms. The number of nitrogens with zero attached hydrogens (tertiary/aromatic N) is 4. The second kappa shape index (κ2) is 8.27. The number of anilines is 1. The zero-order valence-corrected chi connectivity index (χ0v) is 16.7. The molecule has 0 aliphatic heterocycles. The number of methoxy groups -OCH3 is 2. The number of halogens is 1. The number of nitrogens with one attached hydrogen (secondary N) is 1. The van der Waals surface area contributed by atoms with E-state index in [1.807, 2.05) is 0 Å². The fourth-order valence-corrected chi connectivity index (χ4v) is 3.07. The van der Waals surface area contributed by atoms with Crippen LogP contribution in [0.25, 0.3) is 16.7 Å². The highest BCUT2D eigenvalue weighted by Gasteiger charge is 2.14. The van der Waals surface area contributed by atoms with Crippen molar-refractivity contribution >= 4 is 22.6 Å². The molecule has 0 aliphatic rings. The van der Waals surface area contributed by atoms with E-state index in [0.29, 0.717) is 28.5 Å². The van der Waals surface area contributed by atoms with Gasteiger partial charge in [-0.15, -0.1) is 0 Å². The molecular formula is C21H18FN5O4. The monoisotopic (exact) mass is 423 g/mol. The number of ether oxygens (including phenoxy) is 2. The summed E-state index contributed by atoms with van der Waals surface area (Å²) in [5.41, 5.74) is 0.917. The molecule has 0 atom stereocenters. The second-order valence-electron chi connectivity index (χ2n) is 6.60. The molecule has 0 unspecified atom stereocenters. The number of aromatic nitrogens is 4. The van der Waals surface area contributed by atoms with Gasteiger partial charge in [-0.3, -0.25) is 14.2 Å². The Morgan fingerprint density at radius 1 is 1.10 bits per heavy atom. The first kappa shape index (κ1) is 20.1. The molecule has 2 heterocycles. The van der Waals surface area contributed by atoms with E-state index < -0.39 is 11.5 Å². The van der Waals surface area contributed by atoms with Gasteiger partial charge in [0, 0.05) is 23.9 Å². The molecule has 2 aromatic carbocycles. The molecule has 0 bridgehead atoms. The highest BCUT2D eigenvalue weighted by Crippen LogP contribution is 2.25. The van der Waals surface area contributed by atoms with E-state index in [-0.39, 0.29) is 17.7 Å². The number of fused-ring (bicyclic) bond motifs is 1. The summed E-state index contributed by atoms with van der Waals surface area (Å²) < 4.78 is 26.2. The van der Waals surface area contributed by atoms with Gasteiger partial charge in [0.15, 0.2) is 5.65 Å². The van der Waals surface area contributed by atoms with Crippen LogP contribution in [0.5, 0.6) is 11.5 Å². The van der Waals surface area contributed by atoms with Crippen molar-refractivity contribution in [3.8, 4) is 17.2 Å². The summed E-state index contributed by atoms with van der Waals surface area (Å²) in [7, 11) is 3.01. The van der Waals surface area contributed by atoms with E-state index in [9.17, 15) is 14.0 Å². The summed E-state index contributed by atoms with van der Waals surface area (Å²) in [6.45, 7) is -0.247. The molecule has 0 saturated carbocycles. The van der Waals surface area contributed by atoms with Crippen LogP contribution in [0.2, 0.25) is 0 Å². The predicted molar refractivity (Wildman–Crippen MR) is 111 cm³/mol. The van der Waals surface area contributed by atoms with Crippen LogP contribution in [0.4, 0.5) is 10.1 Å². The summed E-state index contributed by atoms with van der Waals surface area (Å²) >= 11 is 0. The standard InChI is InChI=1S/C21H18FN5O4/c1-30-16-7-14(8-17(9-16)31-2)25-19(28)11-26-12-23-20-18(21(26)29)10-24-27(20)15-5-3-13(22)4-6-15/h3-10,12H,11H2,1-2H3,(H,25,28). The van der Waals surface area contributed by atoms with E-state index in [0.717, 1.165) is 0 Å². The summed E-state index contributed by atoms with van der Waals surface area (Å²) in [6, 6.07) is 10.6. The first-order valence-corrected chi connectivity index (χ1v) is 9.20. The lowest BCUT2D eigenvalue weighted by atomic mass is 10.2. The summed E-state index contributed by atoms with van der Waals surface area (Å²) in [5, 5.41) is 7.12. The Morgan fingerprint density at radius 2 is 1.77 bits per heavy atom. The van der Waals surface area contributed by atoms with E-state index in [4.69, 9.17) is 9.47 Å². The number of rotatable bonds is 6. The summed E-state index contributed by atoms with van der Waals surface area (Å²) in [6.07, 6.45) is 2.65. The minimum absolute atomic E-state index is 0.239. The molecule has 4 aromatic rings. The fraction of sp³-hybridized carbons (Fsp3) is 0.143. The number of hydrogen-bond donors (Lipinski definition) is 1. The minimum atomic E-state index is -0.426. The fourth-order valence-electron chi connectivity index (χ4n) is 3.07. The predicted octanol–water partition coefficient (Wildman–Crippen LogP) is 2.38. The van der Waals surface area contributed by atoms with Crippen molar-refractivity contribution in [3.63, 3.8) is 0 Å². The molecule has 1 N–H and O–H groups in total. The van der Waals surface area contributed by atoms with E-state index in [2.05, 4.69) is 15.4 Å². The highest BCUT2D eigenvalue weighted by molar-refractivity contribution is 5.91. The molecule has 9 nitrogen and oxygen atoms in total. The van der Waals surface area contributed by atoms with Crippen LogP contribution in [0.1, 0.15) is 0 Å². The van der Waals surface area contributed by atoms with Crippen LogP contribution in [0.15, 0.2) is 59.8 Å². The van der Waals surface area contributed by atoms with E-state index >= 15 is 0 Å². The second-order valence-corrected chi connectivity index (χ2v) is 6.60. The van der Waals surface area contributed by atoms with Gasteiger partial charge in [0.05, 0.1) is 26.1 Å². The van der Waals surface area contributed by atoms with Crippen molar-refractivity contribution in [2.45, 2.75) is 6.54 Å². The number of carbonyl (C=O) groups excluding carboxylic acids is 1. The Hall–Kier alpha value is -4.21. The highest BCUT2D eigenvalue weighted by atomic mass is 19.1. The molecule has 158 valence electrons. The third-order valence-electron chi connectivity index (χ3n) is 4.57. The van der Waals surface area contributed by atoms with Crippen molar-refractivity contribution in [3.05, 3.63) is 71.2 Å². The number of hydrogen-bond acceptors (Lipinski definition) is 6. The Morgan fingerprint density at radius 3 is 2.42 bits per heavy atom. The van der Waals surface area contributed by atoms with Gasteiger partial charge in [0.1, 0.15) is 35.6 Å². The first-order valence-electron chi connectivity index (χ1n) is 9.20. The molecule has 0 aliphatic carbocycles. The Labute approximate surface area is 175 Å². The molecule has 0 radical (unpaired) electrons. The molecular weight excluding hydrogens is 405 g/mol. The van der Waals surface area contributed by atoms with Crippen LogP contribution in [0.3, 0.4) is 0 Å². The van der Waals surface area contributed by atoms with E-state index in [1.54, 1.807) is 18.2 Å². The van der Waals surface area contributed by atoms with Crippen LogP contribution in [0, 0.1) is 5.82 Å². The lowest BCUT2D eigenvalue weighted by Gasteiger charge is -2.10. The van der Waals surface area contributed by atoms with Gasteiger partial charge in [-0.1, -0.05) is 0 Å². The van der Waals surface area contributed by atoms with Crippen LogP contribution in [-0.4, -0.2) is 39.5 Å². The average molecular weight is 423 g/mol. The zero-order valence-electron chi connectivity index (χ0n) is 16.7. The van der Waals surface area contributed by atoms with Crippen molar-refractivity contribution in [2.24, 2.45) is 0 Å². The molecule has 31 heavy (non-hydrogen) atoms. The van der Waals surface area contributed by atoms with Crippen molar-refractivity contribution in [1.29, 1.82) is 0 Å². The van der Waals surface area contributed by atoms with Crippen LogP contribution >= 0.6 is 0 Å². The number of carbonyl (C=O) groups is 1. The van der Waals surface area contributed by atoms with Gasteiger partial charge in [0.2, 0.25) is 5.91 Å². The van der Waals surface area contributed by atoms with Crippen molar-refractivity contribution < 1.29 is 18.7 Å². The normalized spacial score (nSPS) is 10.8. The smallest absolute Gasteiger partial charge is 0.264 e. The maximum absolute atomic E-state index is 13.2. The third kappa shape index (κ3) is 4.08. The quantitative estimate of drug-likeness (QED) is 0.511. The van der Waals surface area contributed by atoms with Gasteiger partial charge in [-0.25, -0.2) is 14.1 Å². The average Bonchev–Trinajstić information content (AvgIpc) is 3.20. The van der Waals surface area contributed by atoms with Gasteiger partial charge in [0.25, 0.3) is 5.56 Å². The van der Waals surface area contributed by atoms with Gasteiger partial charge >= 0.3 is 0 Å². The molecule has 2 aromatic heterocycles. The van der Waals surface area contributed by atoms with Crippen LogP contribution < -0.4 is 20.3 Å². The van der Waals surface area contributed by atoms with E-state index in [1.165, 1.54) is 60.3 Å². The maximum Gasteiger partial charge on any atom is 0.264 e. The van der Waals surface area contributed by atoms with Crippen LogP contribution in [-0.2, 0) is 11.3 Å². The molecule has 4 rings (SSSR count).